The van der Waals surface area contributed by atoms with Crippen molar-refractivity contribution >= 4 is 5.91 Å². The van der Waals surface area contributed by atoms with E-state index in [9.17, 15) is 18.7 Å². The number of para-hydroxylation sites is 1. The largest absolute Gasteiger partial charge is 0.504 e. The number of aromatic hydroxyl groups is 1. The Morgan fingerprint density at radius 1 is 1.24 bits per heavy atom. The van der Waals surface area contributed by atoms with Gasteiger partial charge in [0.05, 0.1) is 7.11 Å². The third-order valence-electron chi connectivity index (χ3n) is 4.49. The monoisotopic (exact) mass is 347 g/mol. The van der Waals surface area contributed by atoms with Crippen molar-refractivity contribution in [1.82, 2.24) is 5.32 Å². The van der Waals surface area contributed by atoms with E-state index in [0.717, 1.165) is 0 Å². The fourth-order valence-electron chi connectivity index (χ4n) is 3.05. The molecular formula is C19H19F2NO3. The molecule has 2 atom stereocenters. The van der Waals surface area contributed by atoms with Gasteiger partial charge in [-0.1, -0.05) is 18.2 Å². The fourth-order valence-corrected chi connectivity index (χ4v) is 3.05. The molecule has 2 unspecified atom stereocenters. The minimum Gasteiger partial charge on any atom is -0.504 e. The van der Waals surface area contributed by atoms with Crippen LogP contribution in [0.25, 0.3) is 0 Å². The topological polar surface area (TPSA) is 58.6 Å². The fraction of sp³-hybridized carbons (Fsp3) is 0.316. The van der Waals surface area contributed by atoms with Crippen molar-refractivity contribution < 1.29 is 23.4 Å². The van der Waals surface area contributed by atoms with Crippen LogP contribution in [0.3, 0.4) is 0 Å². The third kappa shape index (κ3) is 3.57. The zero-order chi connectivity index (χ0) is 18.0. The van der Waals surface area contributed by atoms with Crippen molar-refractivity contribution in [3.8, 4) is 11.5 Å². The zero-order valence-electron chi connectivity index (χ0n) is 13.8. The van der Waals surface area contributed by atoms with Crippen molar-refractivity contribution in [3.05, 3.63) is 59.2 Å². The van der Waals surface area contributed by atoms with Gasteiger partial charge in [0.15, 0.2) is 11.5 Å². The summed E-state index contributed by atoms with van der Waals surface area (Å²) in [4.78, 5) is 12.2. The molecule has 0 spiro atoms. The highest BCUT2D eigenvalue weighted by Gasteiger charge is 2.46. The lowest BCUT2D eigenvalue weighted by molar-refractivity contribution is -0.122. The first-order valence-electron chi connectivity index (χ1n) is 8.09. The van der Waals surface area contributed by atoms with E-state index in [4.69, 9.17) is 4.74 Å². The zero-order valence-corrected chi connectivity index (χ0v) is 13.8. The molecule has 6 heteroatoms. The van der Waals surface area contributed by atoms with Gasteiger partial charge in [-0.3, -0.25) is 4.79 Å². The van der Waals surface area contributed by atoms with Gasteiger partial charge in [0.1, 0.15) is 11.6 Å². The van der Waals surface area contributed by atoms with Crippen LogP contribution in [-0.4, -0.2) is 24.7 Å². The van der Waals surface area contributed by atoms with Crippen LogP contribution < -0.4 is 10.1 Å². The first-order chi connectivity index (χ1) is 12.0. The number of hydrogen-bond donors (Lipinski definition) is 2. The molecule has 2 aromatic rings. The molecule has 1 aliphatic rings. The second kappa shape index (κ2) is 7.09. The molecule has 132 valence electrons. The Kier molecular flexibility index (Phi) is 4.88. The van der Waals surface area contributed by atoms with Crippen LogP contribution >= 0.6 is 0 Å². The number of ether oxygens (including phenoxy) is 1. The molecular weight excluding hydrogens is 328 g/mol. The van der Waals surface area contributed by atoms with Gasteiger partial charge in [-0.2, -0.15) is 0 Å². The number of nitrogens with one attached hydrogen (secondary N) is 1. The van der Waals surface area contributed by atoms with E-state index in [1.165, 1.54) is 25.3 Å². The molecule has 1 amide bonds. The Bertz CT molecular complexity index is 774. The Morgan fingerprint density at radius 2 is 1.92 bits per heavy atom. The molecule has 0 aliphatic heterocycles. The number of methoxy groups -OCH3 is 1. The summed E-state index contributed by atoms with van der Waals surface area (Å²) >= 11 is 0. The highest BCUT2D eigenvalue weighted by atomic mass is 19.1. The maximum absolute atomic E-state index is 13.8. The molecule has 1 saturated carbocycles. The SMILES string of the molecule is COc1cccc(CCNC(=O)C2CC2c2c(F)cccc2F)c1O. The van der Waals surface area contributed by atoms with Crippen molar-refractivity contribution in [2.45, 2.75) is 18.8 Å². The molecule has 0 heterocycles. The molecule has 0 bridgehead atoms. The van der Waals surface area contributed by atoms with Crippen molar-refractivity contribution in [2.75, 3.05) is 13.7 Å². The van der Waals surface area contributed by atoms with Crippen molar-refractivity contribution in [1.29, 1.82) is 0 Å². The molecule has 4 nitrogen and oxygen atoms in total. The highest BCUT2D eigenvalue weighted by molar-refractivity contribution is 5.82. The van der Waals surface area contributed by atoms with Gasteiger partial charge in [0.25, 0.3) is 0 Å². The quantitative estimate of drug-likeness (QED) is 0.844. The summed E-state index contributed by atoms with van der Waals surface area (Å²) in [7, 11) is 1.47. The number of phenols is 1. The molecule has 1 fully saturated rings. The second-order valence-electron chi connectivity index (χ2n) is 6.09. The van der Waals surface area contributed by atoms with Gasteiger partial charge in [-0.15, -0.1) is 0 Å². The van der Waals surface area contributed by atoms with Crippen LogP contribution in [0.15, 0.2) is 36.4 Å². The van der Waals surface area contributed by atoms with E-state index in [-0.39, 0.29) is 17.2 Å². The maximum Gasteiger partial charge on any atom is 0.223 e. The summed E-state index contributed by atoms with van der Waals surface area (Å²) in [6, 6.07) is 8.88. The Hall–Kier alpha value is -2.63. The van der Waals surface area contributed by atoms with E-state index in [0.29, 0.717) is 30.7 Å². The van der Waals surface area contributed by atoms with Crippen LogP contribution in [0, 0.1) is 17.6 Å². The van der Waals surface area contributed by atoms with Gasteiger partial charge in [0.2, 0.25) is 5.91 Å². The minimum atomic E-state index is -0.610. The third-order valence-corrected chi connectivity index (χ3v) is 4.49. The van der Waals surface area contributed by atoms with Crippen LogP contribution in [0.1, 0.15) is 23.5 Å². The molecule has 0 aromatic heterocycles. The van der Waals surface area contributed by atoms with Crippen molar-refractivity contribution in [2.24, 2.45) is 5.92 Å². The summed E-state index contributed by atoms with van der Waals surface area (Å²) in [5, 5.41) is 12.8. The first-order valence-corrected chi connectivity index (χ1v) is 8.09. The maximum atomic E-state index is 13.8. The number of carbonyl (C=O) groups excluding carboxylic acids is 1. The summed E-state index contributed by atoms with van der Waals surface area (Å²) in [5.74, 6) is -1.84. The molecule has 2 aromatic carbocycles. The lowest BCUT2D eigenvalue weighted by Gasteiger charge is -2.10. The van der Waals surface area contributed by atoms with E-state index in [1.54, 1.807) is 18.2 Å². The average molecular weight is 347 g/mol. The van der Waals surface area contributed by atoms with E-state index >= 15 is 0 Å². The van der Waals surface area contributed by atoms with Crippen LogP contribution in [0.4, 0.5) is 8.78 Å². The first kappa shape index (κ1) is 17.2. The predicted molar refractivity (Wildman–Crippen MR) is 88.6 cm³/mol. The number of halogens is 2. The molecule has 0 radical (unpaired) electrons. The Morgan fingerprint density at radius 3 is 2.60 bits per heavy atom. The van der Waals surface area contributed by atoms with Crippen molar-refractivity contribution in [3.63, 3.8) is 0 Å². The minimum absolute atomic E-state index is 0.00640. The smallest absolute Gasteiger partial charge is 0.223 e. The molecule has 25 heavy (non-hydrogen) atoms. The van der Waals surface area contributed by atoms with Gasteiger partial charge in [-0.05, 0) is 36.6 Å². The molecule has 3 rings (SSSR count). The lowest BCUT2D eigenvalue weighted by atomic mass is 10.1. The number of amides is 1. The summed E-state index contributed by atoms with van der Waals surface area (Å²) in [6.45, 7) is 0.322. The van der Waals surface area contributed by atoms with Crippen LogP contribution in [0.2, 0.25) is 0 Å². The molecule has 0 saturated heterocycles. The number of rotatable bonds is 6. The number of benzene rings is 2. The highest BCUT2D eigenvalue weighted by Crippen LogP contribution is 2.49. The lowest BCUT2D eigenvalue weighted by Crippen LogP contribution is -2.27. The van der Waals surface area contributed by atoms with Crippen LogP contribution in [0.5, 0.6) is 11.5 Å². The number of hydrogen-bond acceptors (Lipinski definition) is 3. The standard InChI is InChI=1S/C19H19F2NO3/c1-25-16-7-2-4-11(18(16)23)8-9-22-19(24)13-10-12(13)17-14(20)5-3-6-15(17)21/h2-7,12-13,23H,8-10H2,1H3,(H,22,24). The summed E-state index contributed by atoms with van der Waals surface area (Å²) in [6.07, 6.45) is 0.869. The molecule has 2 N–H and O–H groups in total. The normalized spacial score (nSPS) is 18.7. The number of carbonyl (C=O) groups is 1. The molecule has 1 aliphatic carbocycles. The number of phenolic OH excluding ortho intramolecular Hbond substituents is 1. The average Bonchev–Trinajstić information content (AvgIpc) is 3.36. The van der Waals surface area contributed by atoms with E-state index in [1.807, 2.05) is 0 Å². The Balaban J connectivity index is 1.55. The van der Waals surface area contributed by atoms with Gasteiger partial charge < -0.3 is 15.2 Å². The van der Waals surface area contributed by atoms with E-state index < -0.39 is 23.5 Å². The van der Waals surface area contributed by atoms with Gasteiger partial charge >= 0.3 is 0 Å². The van der Waals surface area contributed by atoms with Crippen LogP contribution in [-0.2, 0) is 11.2 Å². The summed E-state index contributed by atoms with van der Waals surface area (Å²) < 4.78 is 32.5. The van der Waals surface area contributed by atoms with E-state index in [2.05, 4.69) is 5.32 Å². The Labute approximate surface area is 144 Å². The summed E-state index contributed by atoms with van der Waals surface area (Å²) in [5.41, 5.74) is 0.653. The second-order valence-corrected chi connectivity index (χ2v) is 6.09. The predicted octanol–water partition coefficient (Wildman–Crippen LogP) is 3.14. The van der Waals surface area contributed by atoms with Gasteiger partial charge in [0, 0.05) is 23.9 Å². The van der Waals surface area contributed by atoms with Gasteiger partial charge in [-0.25, -0.2) is 8.78 Å².